The smallest absolute Gasteiger partial charge is 0.255 e. The number of carbonyl (C=O) groups excluding carboxylic acids is 1. The Morgan fingerprint density at radius 3 is 2.59 bits per heavy atom. The number of amides is 1. The number of aliphatic hydroxyl groups excluding tert-OH is 1. The molecule has 6 heteroatoms. The van der Waals surface area contributed by atoms with E-state index in [-0.39, 0.29) is 24.2 Å². The maximum atomic E-state index is 13.0. The Kier molecular flexibility index (Phi) is 4.92. The summed E-state index contributed by atoms with van der Waals surface area (Å²) in [5.41, 5.74) is 2.51. The summed E-state index contributed by atoms with van der Waals surface area (Å²) in [5, 5.41) is 16.2. The maximum absolute atomic E-state index is 13.0. The van der Waals surface area contributed by atoms with Crippen molar-refractivity contribution < 1.29 is 14.3 Å². The van der Waals surface area contributed by atoms with Crippen LogP contribution in [0.3, 0.4) is 0 Å². The molecule has 2 rings (SSSR count). The second-order valence-corrected chi connectivity index (χ2v) is 5.43. The van der Waals surface area contributed by atoms with Crippen LogP contribution in [0.15, 0.2) is 24.3 Å². The lowest BCUT2D eigenvalue weighted by molar-refractivity contribution is 0.0941. The number of halogens is 1. The predicted octanol–water partition coefficient (Wildman–Crippen LogP) is 1.99. The third-order valence-corrected chi connectivity index (χ3v) is 3.51. The Morgan fingerprint density at radius 2 is 2.00 bits per heavy atom. The second-order valence-electron chi connectivity index (χ2n) is 5.43. The number of nitrogens with one attached hydrogen (secondary N) is 1. The molecule has 0 bridgehead atoms. The number of carbonyl (C=O) groups is 1. The number of benzene rings is 1. The molecule has 22 heavy (non-hydrogen) atoms. The van der Waals surface area contributed by atoms with E-state index in [2.05, 4.69) is 10.4 Å². The van der Waals surface area contributed by atoms with Gasteiger partial charge < -0.3 is 10.4 Å². The molecule has 0 saturated carbocycles. The molecule has 1 aromatic carbocycles. The van der Waals surface area contributed by atoms with E-state index < -0.39 is 0 Å². The molecule has 5 nitrogen and oxygen atoms in total. The van der Waals surface area contributed by atoms with Crippen molar-refractivity contribution in [3.63, 3.8) is 0 Å². The number of hydrogen-bond donors (Lipinski definition) is 2. The SMILES string of the molecule is Cc1nn(-c2ccc(F)cc2)c(C)c1C(=O)NCC(C)CO. The number of hydrogen-bond acceptors (Lipinski definition) is 3. The van der Waals surface area contributed by atoms with Crippen LogP contribution in [0.5, 0.6) is 0 Å². The maximum Gasteiger partial charge on any atom is 0.255 e. The van der Waals surface area contributed by atoms with Gasteiger partial charge in [-0.1, -0.05) is 6.92 Å². The quantitative estimate of drug-likeness (QED) is 0.887. The molecule has 1 unspecified atom stereocenters. The van der Waals surface area contributed by atoms with Crippen LogP contribution < -0.4 is 5.32 Å². The van der Waals surface area contributed by atoms with Gasteiger partial charge in [-0.15, -0.1) is 0 Å². The zero-order chi connectivity index (χ0) is 16.3. The minimum Gasteiger partial charge on any atom is -0.396 e. The first kappa shape index (κ1) is 16.2. The molecule has 0 saturated heterocycles. The molecule has 1 aromatic heterocycles. The van der Waals surface area contributed by atoms with E-state index in [1.54, 1.807) is 30.7 Å². The first-order valence-electron chi connectivity index (χ1n) is 7.15. The largest absolute Gasteiger partial charge is 0.396 e. The average Bonchev–Trinajstić information content (AvgIpc) is 2.80. The van der Waals surface area contributed by atoms with Gasteiger partial charge in [0.2, 0.25) is 0 Å². The number of aryl methyl sites for hydroxylation is 1. The Hall–Kier alpha value is -2.21. The summed E-state index contributed by atoms with van der Waals surface area (Å²) in [7, 11) is 0. The standard InChI is InChI=1S/C16H20FN3O2/c1-10(9-21)8-18-16(22)15-11(2)19-20(12(15)3)14-6-4-13(17)5-7-14/h4-7,10,21H,8-9H2,1-3H3,(H,18,22). The molecule has 2 N–H and O–H groups in total. The molecule has 1 atom stereocenters. The van der Waals surface area contributed by atoms with Crippen molar-refractivity contribution in [1.82, 2.24) is 15.1 Å². The van der Waals surface area contributed by atoms with Gasteiger partial charge in [0.1, 0.15) is 5.82 Å². The molecule has 0 spiro atoms. The van der Waals surface area contributed by atoms with Gasteiger partial charge in [0.05, 0.1) is 22.6 Å². The highest BCUT2D eigenvalue weighted by Crippen LogP contribution is 2.18. The van der Waals surface area contributed by atoms with Gasteiger partial charge in [-0.25, -0.2) is 9.07 Å². The highest BCUT2D eigenvalue weighted by Gasteiger charge is 2.19. The summed E-state index contributed by atoms with van der Waals surface area (Å²) in [6, 6.07) is 5.94. The highest BCUT2D eigenvalue weighted by molar-refractivity contribution is 5.96. The van der Waals surface area contributed by atoms with Crippen LogP contribution in [0.4, 0.5) is 4.39 Å². The average molecular weight is 305 g/mol. The fourth-order valence-corrected chi connectivity index (χ4v) is 2.22. The first-order valence-corrected chi connectivity index (χ1v) is 7.15. The van der Waals surface area contributed by atoms with E-state index in [0.29, 0.717) is 29.2 Å². The van der Waals surface area contributed by atoms with Crippen LogP contribution in [-0.4, -0.2) is 33.9 Å². The van der Waals surface area contributed by atoms with Gasteiger partial charge >= 0.3 is 0 Å². The van der Waals surface area contributed by atoms with Crippen LogP contribution in [0, 0.1) is 25.6 Å². The highest BCUT2D eigenvalue weighted by atomic mass is 19.1. The molecule has 118 valence electrons. The number of nitrogens with zero attached hydrogens (tertiary/aromatic N) is 2. The van der Waals surface area contributed by atoms with E-state index in [4.69, 9.17) is 5.11 Å². The molecule has 1 amide bonds. The molecular weight excluding hydrogens is 285 g/mol. The lowest BCUT2D eigenvalue weighted by Gasteiger charge is -2.10. The fraction of sp³-hybridized carbons (Fsp3) is 0.375. The normalized spacial score (nSPS) is 12.2. The molecule has 0 aliphatic carbocycles. The van der Waals surface area contributed by atoms with Crippen LogP contribution >= 0.6 is 0 Å². The van der Waals surface area contributed by atoms with Crippen LogP contribution in [0.2, 0.25) is 0 Å². The van der Waals surface area contributed by atoms with Crippen LogP contribution in [-0.2, 0) is 0 Å². The third kappa shape index (κ3) is 3.33. The zero-order valence-corrected chi connectivity index (χ0v) is 12.9. The Morgan fingerprint density at radius 1 is 1.36 bits per heavy atom. The van der Waals surface area contributed by atoms with Crippen molar-refractivity contribution >= 4 is 5.91 Å². The number of aliphatic hydroxyl groups is 1. The lowest BCUT2D eigenvalue weighted by atomic mass is 10.1. The predicted molar refractivity (Wildman–Crippen MR) is 81.6 cm³/mol. The first-order chi connectivity index (χ1) is 10.4. The molecular formula is C16H20FN3O2. The summed E-state index contributed by atoms with van der Waals surface area (Å²) in [4.78, 5) is 12.3. The molecule has 0 fully saturated rings. The molecule has 2 aromatic rings. The Balaban J connectivity index is 2.27. The van der Waals surface area contributed by atoms with E-state index in [0.717, 1.165) is 0 Å². The topological polar surface area (TPSA) is 67.2 Å². The molecule has 0 aliphatic rings. The molecule has 0 aliphatic heterocycles. The van der Waals surface area contributed by atoms with Crippen molar-refractivity contribution in [1.29, 1.82) is 0 Å². The van der Waals surface area contributed by atoms with Gasteiger partial charge in [-0.2, -0.15) is 5.10 Å². The summed E-state index contributed by atoms with van der Waals surface area (Å²) in [6.45, 7) is 5.83. The van der Waals surface area contributed by atoms with Crippen molar-refractivity contribution in [2.45, 2.75) is 20.8 Å². The summed E-state index contributed by atoms with van der Waals surface area (Å²) >= 11 is 0. The minimum atomic E-state index is -0.318. The Bertz CT molecular complexity index is 665. The van der Waals surface area contributed by atoms with Crippen molar-refractivity contribution in [3.8, 4) is 5.69 Å². The summed E-state index contributed by atoms with van der Waals surface area (Å²) < 4.78 is 14.6. The van der Waals surface area contributed by atoms with Crippen LogP contribution in [0.25, 0.3) is 5.69 Å². The fourth-order valence-electron chi connectivity index (χ4n) is 2.22. The lowest BCUT2D eigenvalue weighted by Crippen LogP contribution is -2.30. The van der Waals surface area contributed by atoms with Gasteiger partial charge in [-0.3, -0.25) is 4.79 Å². The van der Waals surface area contributed by atoms with Gasteiger partial charge in [0.15, 0.2) is 0 Å². The van der Waals surface area contributed by atoms with Gasteiger partial charge in [0, 0.05) is 13.2 Å². The van der Waals surface area contributed by atoms with Crippen molar-refractivity contribution in [2.24, 2.45) is 5.92 Å². The van der Waals surface area contributed by atoms with E-state index in [9.17, 15) is 9.18 Å². The van der Waals surface area contributed by atoms with Crippen molar-refractivity contribution in [2.75, 3.05) is 13.2 Å². The van der Waals surface area contributed by atoms with Crippen LogP contribution in [0.1, 0.15) is 28.7 Å². The van der Waals surface area contributed by atoms with Gasteiger partial charge in [-0.05, 0) is 44.0 Å². The Labute approximate surface area is 128 Å². The van der Waals surface area contributed by atoms with E-state index >= 15 is 0 Å². The third-order valence-electron chi connectivity index (χ3n) is 3.51. The molecule has 1 heterocycles. The number of aromatic nitrogens is 2. The van der Waals surface area contributed by atoms with Crippen molar-refractivity contribution in [3.05, 3.63) is 47.0 Å². The second kappa shape index (κ2) is 6.70. The minimum absolute atomic E-state index is 0.00305. The monoisotopic (exact) mass is 305 g/mol. The summed E-state index contributed by atoms with van der Waals surface area (Å²) in [5.74, 6) is -0.540. The van der Waals surface area contributed by atoms with E-state index in [1.807, 2.05) is 6.92 Å². The number of rotatable bonds is 5. The summed E-state index contributed by atoms with van der Waals surface area (Å²) in [6.07, 6.45) is 0. The van der Waals surface area contributed by atoms with E-state index in [1.165, 1.54) is 12.1 Å². The van der Waals surface area contributed by atoms with Gasteiger partial charge in [0.25, 0.3) is 5.91 Å². The zero-order valence-electron chi connectivity index (χ0n) is 12.9. The molecule has 0 radical (unpaired) electrons.